The second kappa shape index (κ2) is 16.2. The van der Waals surface area contributed by atoms with Crippen molar-refractivity contribution in [3.63, 3.8) is 0 Å². The number of rotatable bonds is 8. The number of benzene rings is 1. The lowest BCUT2D eigenvalue weighted by atomic mass is 10.0. The summed E-state index contributed by atoms with van der Waals surface area (Å²) in [6.07, 6.45) is 0.415. The molecule has 1 aromatic heterocycles. The van der Waals surface area contributed by atoms with Gasteiger partial charge >= 0.3 is 0 Å². The van der Waals surface area contributed by atoms with Gasteiger partial charge in [-0.2, -0.15) is 0 Å². The summed E-state index contributed by atoms with van der Waals surface area (Å²) in [4.78, 5) is 69.0. The number of methoxy groups -OCH3 is 1. The maximum atomic E-state index is 13.7. The van der Waals surface area contributed by atoms with Crippen molar-refractivity contribution in [3.8, 4) is 5.75 Å². The van der Waals surface area contributed by atoms with Crippen LogP contribution in [-0.4, -0.2) is 84.0 Å². The molecule has 2 aromatic rings. The van der Waals surface area contributed by atoms with E-state index in [1.165, 1.54) is 4.90 Å². The molecule has 0 saturated carbocycles. The van der Waals surface area contributed by atoms with Gasteiger partial charge in [0, 0.05) is 25.1 Å². The average molecular weight is 641 g/mol. The maximum absolute atomic E-state index is 13.7. The van der Waals surface area contributed by atoms with Gasteiger partial charge in [-0.05, 0) is 48.8 Å². The molecule has 1 aliphatic heterocycles. The van der Waals surface area contributed by atoms with E-state index in [9.17, 15) is 24.0 Å². The Morgan fingerprint density at radius 3 is 2.15 bits per heavy atom. The van der Waals surface area contributed by atoms with Crippen molar-refractivity contribution < 1.29 is 33.2 Å². The number of hydrogen-bond acceptors (Lipinski definition) is 8. The number of hydrogen-bond donors (Lipinski definition) is 4. The molecule has 13 nitrogen and oxygen atoms in total. The fourth-order valence-electron chi connectivity index (χ4n) is 4.98. The Hall–Kier alpha value is -4.42. The number of aromatic nitrogens is 1. The monoisotopic (exact) mass is 640 g/mol. The highest BCUT2D eigenvalue weighted by molar-refractivity contribution is 5.97. The molecule has 46 heavy (non-hydrogen) atoms. The minimum absolute atomic E-state index is 0.0137. The first kappa shape index (κ1) is 36.1. The second-order valence-corrected chi connectivity index (χ2v) is 12.9. The lowest BCUT2D eigenvalue weighted by Crippen LogP contribution is -2.57. The normalized spacial score (nSPS) is 22.1. The summed E-state index contributed by atoms with van der Waals surface area (Å²) in [5.41, 5.74) is 1.34. The Balaban J connectivity index is 1.99. The van der Waals surface area contributed by atoms with Gasteiger partial charge in [0.1, 0.15) is 30.4 Å². The van der Waals surface area contributed by atoms with E-state index in [0.717, 1.165) is 5.56 Å². The van der Waals surface area contributed by atoms with Crippen molar-refractivity contribution in [2.45, 2.75) is 91.4 Å². The zero-order valence-electron chi connectivity index (χ0n) is 28.0. The summed E-state index contributed by atoms with van der Waals surface area (Å²) in [5, 5.41) is 15.2. The van der Waals surface area contributed by atoms with Crippen molar-refractivity contribution in [2.75, 3.05) is 20.2 Å². The Kier molecular flexibility index (Phi) is 12.7. The lowest BCUT2D eigenvalue weighted by Gasteiger charge is -2.30. The molecule has 0 bridgehead atoms. The Labute approximate surface area is 270 Å². The van der Waals surface area contributed by atoms with Gasteiger partial charge in [0.25, 0.3) is 5.91 Å². The first-order chi connectivity index (χ1) is 21.7. The van der Waals surface area contributed by atoms with Crippen molar-refractivity contribution >= 4 is 29.5 Å². The van der Waals surface area contributed by atoms with Crippen molar-refractivity contribution in [3.05, 3.63) is 47.3 Å². The highest BCUT2D eigenvalue weighted by Gasteiger charge is 2.33. The predicted octanol–water partition coefficient (Wildman–Crippen LogP) is 2.17. The molecule has 4 atom stereocenters. The zero-order valence-corrected chi connectivity index (χ0v) is 28.0. The SMILES string of the molecule is COc1ccc(C[C@@H]2NC(=O)[C@H](CC(C)C)NC(=O)CN(C(=O)c3cc(C(C)C)no3)C[C@H](C(C)C)NC(=O)[C@@H](C)NC2=O)cc1. The lowest BCUT2D eigenvalue weighted by molar-refractivity contribution is -0.133. The predicted molar refractivity (Wildman–Crippen MR) is 171 cm³/mol. The van der Waals surface area contributed by atoms with Gasteiger partial charge in [0.15, 0.2) is 0 Å². The molecule has 0 spiro atoms. The molecule has 1 aromatic carbocycles. The van der Waals surface area contributed by atoms with Crippen LogP contribution < -0.4 is 26.0 Å². The van der Waals surface area contributed by atoms with Crippen LogP contribution in [0.15, 0.2) is 34.9 Å². The minimum Gasteiger partial charge on any atom is -0.497 e. The molecule has 4 N–H and O–H groups in total. The van der Waals surface area contributed by atoms with Gasteiger partial charge in [0.05, 0.1) is 12.8 Å². The molecule has 0 radical (unpaired) electrons. The van der Waals surface area contributed by atoms with Gasteiger partial charge < -0.3 is 35.4 Å². The number of nitrogens with zero attached hydrogens (tertiary/aromatic N) is 2. The summed E-state index contributed by atoms with van der Waals surface area (Å²) < 4.78 is 10.6. The van der Waals surface area contributed by atoms with Gasteiger partial charge in [-0.15, -0.1) is 0 Å². The molecule has 3 rings (SSSR count). The van der Waals surface area contributed by atoms with Crippen LogP contribution in [0.5, 0.6) is 5.75 Å². The fraction of sp³-hybridized carbons (Fsp3) is 0.576. The van der Waals surface area contributed by atoms with E-state index < -0.39 is 60.2 Å². The third-order valence-electron chi connectivity index (χ3n) is 7.84. The van der Waals surface area contributed by atoms with E-state index in [4.69, 9.17) is 9.26 Å². The number of carbonyl (C=O) groups excluding carboxylic acids is 5. The van der Waals surface area contributed by atoms with Crippen LogP contribution in [0.25, 0.3) is 0 Å². The number of nitrogens with one attached hydrogen (secondary N) is 4. The van der Waals surface area contributed by atoms with Gasteiger partial charge in [-0.3, -0.25) is 24.0 Å². The van der Waals surface area contributed by atoms with Crippen LogP contribution in [0.1, 0.15) is 82.6 Å². The molecule has 252 valence electrons. The standard InChI is InChI=1S/C33H48N6O7/c1-18(2)13-25-32(43)36-26(14-22-9-11-23(45-8)12-10-22)31(42)34-21(7)30(41)37-27(20(5)6)16-39(17-29(40)35-25)33(44)28-15-24(19(3)4)38-46-28/h9-12,15,18-21,25-27H,13-14,16-17H2,1-8H3,(H,34,42)(H,35,40)(H,36,43)(H,37,41)/t21-,25+,26+,27-/m1/s1. The van der Waals surface area contributed by atoms with Gasteiger partial charge in [-0.25, -0.2) is 0 Å². The van der Waals surface area contributed by atoms with Crippen LogP contribution in [0.4, 0.5) is 0 Å². The van der Waals surface area contributed by atoms with Crippen molar-refractivity contribution in [2.24, 2.45) is 11.8 Å². The van der Waals surface area contributed by atoms with E-state index in [2.05, 4.69) is 26.4 Å². The van der Waals surface area contributed by atoms with Crippen LogP contribution in [0.3, 0.4) is 0 Å². The highest BCUT2D eigenvalue weighted by Crippen LogP contribution is 2.18. The quantitative estimate of drug-likeness (QED) is 0.340. The molecule has 2 heterocycles. The topological polar surface area (TPSA) is 172 Å². The molecule has 1 fully saturated rings. The number of ether oxygens (including phenoxy) is 1. The molecular weight excluding hydrogens is 592 g/mol. The van der Waals surface area contributed by atoms with Gasteiger partial charge in [-0.1, -0.05) is 58.8 Å². The second-order valence-electron chi connectivity index (χ2n) is 12.9. The van der Waals surface area contributed by atoms with Crippen LogP contribution in [0, 0.1) is 11.8 Å². The highest BCUT2D eigenvalue weighted by atomic mass is 16.5. The summed E-state index contributed by atoms with van der Waals surface area (Å²) in [7, 11) is 1.55. The largest absolute Gasteiger partial charge is 0.497 e. The molecule has 1 saturated heterocycles. The van der Waals surface area contributed by atoms with Crippen LogP contribution in [0.2, 0.25) is 0 Å². The zero-order chi connectivity index (χ0) is 34.1. The van der Waals surface area contributed by atoms with E-state index in [-0.39, 0.29) is 42.9 Å². The van der Waals surface area contributed by atoms with Gasteiger partial charge in [0.2, 0.25) is 29.4 Å². The number of amides is 5. The average Bonchev–Trinajstić information content (AvgIpc) is 3.49. The Morgan fingerprint density at radius 2 is 1.59 bits per heavy atom. The summed E-state index contributed by atoms with van der Waals surface area (Å²) in [5.74, 6) is -2.27. The molecule has 0 unspecified atom stereocenters. The molecular formula is C33H48N6O7. The molecule has 5 amide bonds. The van der Waals surface area contributed by atoms with Crippen LogP contribution >= 0.6 is 0 Å². The Morgan fingerprint density at radius 1 is 0.935 bits per heavy atom. The third-order valence-corrected chi connectivity index (χ3v) is 7.84. The van der Waals surface area contributed by atoms with E-state index in [1.807, 2.05) is 41.5 Å². The van der Waals surface area contributed by atoms with Crippen molar-refractivity contribution in [1.29, 1.82) is 0 Å². The summed E-state index contributed by atoms with van der Waals surface area (Å²) in [6.45, 7) is 12.5. The van der Waals surface area contributed by atoms with E-state index >= 15 is 0 Å². The molecule has 0 aliphatic carbocycles. The van der Waals surface area contributed by atoms with E-state index in [1.54, 1.807) is 44.4 Å². The van der Waals surface area contributed by atoms with Crippen LogP contribution in [-0.2, 0) is 25.6 Å². The first-order valence-corrected chi connectivity index (χ1v) is 15.8. The fourth-order valence-corrected chi connectivity index (χ4v) is 4.98. The third kappa shape index (κ3) is 10.0. The van der Waals surface area contributed by atoms with Crippen molar-refractivity contribution in [1.82, 2.24) is 31.3 Å². The van der Waals surface area contributed by atoms with E-state index in [0.29, 0.717) is 11.4 Å². The molecule has 1 aliphatic rings. The molecule has 13 heteroatoms. The minimum atomic E-state index is -1.05. The Bertz CT molecular complexity index is 1370. The summed E-state index contributed by atoms with van der Waals surface area (Å²) in [6, 6.07) is 5.03. The maximum Gasteiger partial charge on any atom is 0.293 e. The summed E-state index contributed by atoms with van der Waals surface area (Å²) >= 11 is 0. The number of carbonyl (C=O) groups is 5. The smallest absolute Gasteiger partial charge is 0.293 e. The first-order valence-electron chi connectivity index (χ1n) is 15.8.